The molecule has 2 N–H and O–H groups in total. The second-order valence-corrected chi connectivity index (χ2v) is 9.76. The van der Waals surface area contributed by atoms with Crippen molar-refractivity contribution in [2.45, 2.75) is 39.0 Å². The minimum absolute atomic E-state index is 0.171. The molecular formula is C28H32F3N3O3. The molecule has 0 bridgehead atoms. The third-order valence-electron chi connectivity index (χ3n) is 7.49. The molecule has 198 valence electrons. The number of nitrogens with zero attached hydrogens (tertiary/aromatic N) is 2. The summed E-state index contributed by atoms with van der Waals surface area (Å²) >= 11 is 0. The van der Waals surface area contributed by atoms with Gasteiger partial charge in [-0.15, -0.1) is 0 Å². The lowest BCUT2D eigenvalue weighted by Gasteiger charge is -2.39. The molecule has 0 aliphatic carbocycles. The minimum atomic E-state index is -1.49. The first-order chi connectivity index (χ1) is 17.7. The number of hydrogen-bond donors (Lipinski definition) is 2. The molecule has 0 radical (unpaired) electrons. The van der Waals surface area contributed by atoms with Gasteiger partial charge in [-0.2, -0.15) is 0 Å². The summed E-state index contributed by atoms with van der Waals surface area (Å²) in [7, 11) is 1.63. The number of ether oxygens (including phenoxy) is 1. The number of aliphatic carboxylic acids is 1. The Morgan fingerprint density at radius 1 is 1.16 bits per heavy atom. The predicted octanol–water partition coefficient (Wildman–Crippen LogP) is 5.57. The predicted molar refractivity (Wildman–Crippen MR) is 137 cm³/mol. The number of benzene rings is 2. The third kappa shape index (κ3) is 5.98. The van der Waals surface area contributed by atoms with Crippen molar-refractivity contribution in [3.63, 3.8) is 0 Å². The van der Waals surface area contributed by atoms with E-state index in [4.69, 9.17) is 4.74 Å². The number of carboxylic acids is 1. The SMILES string of the molecule is COc1ccc2ncc(C)c(CCCC3(C(=O)O)CCN(CCNc4cc(F)c(F)c(F)c4)CC3)c2c1. The highest BCUT2D eigenvalue weighted by atomic mass is 19.2. The van der Waals surface area contributed by atoms with Crippen LogP contribution in [-0.2, 0) is 11.2 Å². The average Bonchev–Trinajstić information content (AvgIpc) is 2.89. The number of methoxy groups -OCH3 is 1. The van der Waals surface area contributed by atoms with Gasteiger partial charge in [-0.25, -0.2) is 13.2 Å². The van der Waals surface area contributed by atoms with Gasteiger partial charge in [0.25, 0.3) is 0 Å². The van der Waals surface area contributed by atoms with Crippen LogP contribution in [0.15, 0.2) is 36.5 Å². The van der Waals surface area contributed by atoms with Gasteiger partial charge in [0.05, 0.1) is 18.0 Å². The van der Waals surface area contributed by atoms with Crippen molar-refractivity contribution in [2.75, 3.05) is 38.6 Å². The lowest BCUT2D eigenvalue weighted by molar-refractivity contribution is -0.152. The van der Waals surface area contributed by atoms with Gasteiger partial charge in [-0.1, -0.05) is 0 Å². The molecule has 0 saturated carbocycles. The van der Waals surface area contributed by atoms with Crippen LogP contribution in [0.3, 0.4) is 0 Å². The molecule has 0 atom stereocenters. The van der Waals surface area contributed by atoms with Gasteiger partial charge in [-0.05, 0) is 81.4 Å². The molecular weight excluding hydrogens is 483 g/mol. The fourth-order valence-corrected chi connectivity index (χ4v) is 5.18. The first kappa shape index (κ1) is 26.7. The Kier molecular flexibility index (Phi) is 8.22. The molecule has 9 heteroatoms. The Morgan fingerprint density at radius 3 is 2.51 bits per heavy atom. The van der Waals surface area contributed by atoms with E-state index >= 15 is 0 Å². The van der Waals surface area contributed by atoms with Crippen molar-refractivity contribution >= 4 is 22.6 Å². The maximum absolute atomic E-state index is 13.4. The van der Waals surface area contributed by atoms with Crippen LogP contribution < -0.4 is 10.1 Å². The number of carbonyl (C=O) groups is 1. The van der Waals surface area contributed by atoms with Crippen LogP contribution in [0.4, 0.5) is 18.9 Å². The molecule has 0 amide bonds. The fourth-order valence-electron chi connectivity index (χ4n) is 5.18. The first-order valence-corrected chi connectivity index (χ1v) is 12.5. The number of pyridine rings is 1. The lowest BCUT2D eigenvalue weighted by atomic mass is 9.74. The largest absolute Gasteiger partial charge is 0.497 e. The number of nitrogens with one attached hydrogen (secondary N) is 1. The number of hydrogen-bond acceptors (Lipinski definition) is 5. The monoisotopic (exact) mass is 515 g/mol. The highest BCUT2D eigenvalue weighted by molar-refractivity contribution is 5.84. The van der Waals surface area contributed by atoms with E-state index < -0.39 is 28.8 Å². The summed E-state index contributed by atoms with van der Waals surface area (Å²) < 4.78 is 45.3. The summed E-state index contributed by atoms with van der Waals surface area (Å²) in [6, 6.07) is 7.65. The Hall–Kier alpha value is -3.33. The zero-order valence-electron chi connectivity index (χ0n) is 21.1. The summed E-state index contributed by atoms with van der Waals surface area (Å²) in [4.78, 5) is 19.0. The Labute approximate surface area is 214 Å². The molecule has 2 aromatic carbocycles. The number of halogens is 3. The number of likely N-dealkylation sites (tertiary alicyclic amines) is 1. The van der Waals surface area contributed by atoms with Gasteiger partial charge in [0, 0.05) is 42.5 Å². The summed E-state index contributed by atoms with van der Waals surface area (Å²) in [5.74, 6) is -3.96. The third-order valence-corrected chi connectivity index (χ3v) is 7.49. The van der Waals surface area contributed by atoms with Crippen LogP contribution in [0, 0.1) is 29.8 Å². The quantitative estimate of drug-likeness (QED) is 0.344. The van der Waals surface area contributed by atoms with Gasteiger partial charge in [0.2, 0.25) is 0 Å². The molecule has 4 rings (SSSR count). The van der Waals surface area contributed by atoms with Gasteiger partial charge >= 0.3 is 5.97 Å². The second-order valence-electron chi connectivity index (χ2n) is 9.76. The van der Waals surface area contributed by atoms with E-state index in [0.29, 0.717) is 45.4 Å². The maximum Gasteiger partial charge on any atom is 0.309 e. The van der Waals surface area contributed by atoms with Crippen LogP contribution in [0.2, 0.25) is 0 Å². The normalized spacial score (nSPS) is 15.6. The number of aryl methyl sites for hydroxylation is 2. The van der Waals surface area contributed by atoms with E-state index in [1.165, 1.54) is 5.56 Å². The van der Waals surface area contributed by atoms with Crippen molar-refractivity contribution in [1.82, 2.24) is 9.88 Å². The van der Waals surface area contributed by atoms with Crippen molar-refractivity contribution in [1.29, 1.82) is 0 Å². The Morgan fingerprint density at radius 2 is 1.86 bits per heavy atom. The van der Waals surface area contributed by atoms with Crippen molar-refractivity contribution in [3.05, 3.63) is 65.1 Å². The van der Waals surface area contributed by atoms with E-state index in [9.17, 15) is 23.1 Å². The van der Waals surface area contributed by atoms with Crippen molar-refractivity contribution in [2.24, 2.45) is 5.41 Å². The van der Waals surface area contributed by atoms with Gasteiger partial charge in [-0.3, -0.25) is 9.78 Å². The van der Waals surface area contributed by atoms with Crippen LogP contribution in [0.1, 0.15) is 36.8 Å². The Bertz CT molecular complexity index is 1250. The van der Waals surface area contributed by atoms with E-state index in [-0.39, 0.29) is 5.69 Å². The molecule has 0 spiro atoms. The lowest BCUT2D eigenvalue weighted by Crippen LogP contribution is -2.45. The summed E-state index contributed by atoms with van der Waals surface area (Å²) in [5, 5.41) is 14.0. The summed E-state index contributed by atoms with van der Waals surface area (Å²) in [6.07, 6.45) is 5.00. The standard InChI is InChI=1S/C28H32F3N3O3/c1-18-17-33-25-6-5-20(37-2)16-22(25)21(18)4-3-7-28(27(35)36)8-11-34(12-9-28)13-10-32-19-14-23(29)26(31)24(30)15-19/h5-6,14-17,32H,3-4,7-13H2,1-2H3,(H,35,36). The molecule has 1 aliphatic heterocycles. The molecule has 1 aromatic heterocycles. The fraction of sp³-hybridized carbons (Fsp3) is 0.429. The highest BCUT2D eigenvalue weighted by Crippen LogP contribution is 2.37. The molecule has 1 fully saturated rings. The van der Waals surface area contributed by atoms with E-state index in [1.54, 1.807) is 7.11 Å². The number of aromatic nitrogens is 1. The second kappa shape index (κ2) is 11.4. The number of anilines is 1. The first-order valence-electron chi connectivity index (χ1n) is 12.5. The van der Waals surface area contributed by atoms with Crippen LogP contribution in [0.25, 0.3) is 10.9 Å². The average molecular weight is 516 g/mol. The molecule has 1 aliphatic rings. The molecule has 6 nitrogen and oxygen atoms in total. The van der Waals surface area contributed by atoms with E-state index in [0.717, 1.165) is 47.2 Å². The van der Waals surface area contributed by atoms with Gasteiger partial charge in [0.1, 0.15) is 5.75 Å². The molecule has 0 unspecified atom stereocenters. The number of carboxylic acid groups (broad SMARTS) is 1. The van der Waals surface area contributed by atoms with Crippen molar-refractivity contribution in [3.8, 4) is 5.75 Å². The molecule has 37 heavy (non-hydrogen) atoms. The van der Waals surface area contributed by atoms with Gasteiger partial charge < -0.3 is 20.1 Å². The topological polar surface area (TPSA) is 74.7 Å². The zero-order valence-corrected chi connectivity index (χ0v) is 21.1. The number of rotatable bonds is 10. The molecule has 1 saturated heterocycles. The smallest absolute Gasteiger partial charge is 0.309 e. The van der Waals surface area contributed by atoms with Gasteiger partial charge in [0.15, 0.2) is 17.5 Å². The summed E-state index contributed by atoms with van der Waals surface area (Å²) in [5.41, 5.74) is 2.53. The van der Waals surface area contributed by atoms with Crippen molar-refractivity contribution < 1.29 is 27.8 Å². The van der Waals surface area contributed by atoms with Crippen LogP contribution in [0.5, 0.6) is 5.75 Å². The van der Waals surface area contributed by atoms with Crippen LogP contribution >= 0.6 is 0 Å². The Balaban J connectivity index is 1.32. The van der Waals surface area contributed by atoms with Crippen LogP contribution in [-0.4, -0.2) is 54.2 Å². The number of fused-ring (bicyclic) bond motifs is 1. The van der Waals surface area contributed by atoms with E-state index in [2.05, 4.69) is 15.2 Å². The molecule has 2 heterocycles. The number of piperidine rings is 1. The molecule has 3 aromatic rings. The van der Waals surface area contributed by atoms with E-state index in [1.807, 2.05) is 31.3 Å². The maximum atomic E-state index is 13.4. The minimum Gasteiger partial charge on any atom is -0.497 e. The highest BCUT2D eigenvalue weighted by Gasteiger charge is 2.40. The zero-order chi connectivity index (χ0) is 26.6. The summed E-state index contributed by atoms with van der Waals surface area (Å²) in [6.45, 7) is 4.25.